The van der Waals surface area contributed by atoms with Crippen molar-refractivity contribution in [3.63, 3.8) is 0 Å². The van der Waals surface area contributed by atoms with Crippen LogP contribution in [-0.4, -0.2) is 0 Å². The predicted octanol–water partition coefficient (Wildman–Crippen LogP) is 26.3. The van der Waals surface area contributed by atoms with Gasteiger partial charge in [0.25, 0.3) is 0 Å². The van der Waals surface area contributed by atoms with Crippen molar-refractivity contribution < 1.29 is 8.83 Å². The number of rotatable bonds is 8. The van der Waals surface area contributed by atoms with Gasteiger partial charge in [0.05, 0.1) is 0 Å². The molecule has 19 aromatic rings. The first-order valence-corrected chi connectivity index (χ1v) is 32.2. The quantitative estimate of drug-likeness (QED) is 0.142. The summed E-state index contributed by atoms with van der Waals surface area (Å²) < 4.78 is 12.7. The first-order valence-electron chi connectivity index (χ1n) is 32.2. The fourth-order valence-electron chi connectivity index (χ4n) is 14.3. The molecule has 0 amide bonds. The van der Waals surface area contributed by atoms with Crippen LogP contribution in [-0.2, 0) is 0 Å². The van der Waals surface area contributed by atoms with Gasteiger partial charge in [-0.1, -0.05) is 279 Å². The zero-order chi connectivity index (χ0) is 62.1. The molecular weight excluding hydrogens is 1140 g/mol. The third kappa shape index (κ3) is 9.85. The van der Waals surface area contributed by atoms with Crippen LogP contribution in [0.1, 0.15) is 0 Å². The first-order chi connectivity index (χ1) is 46.5. The summed E-state index contributed by atoms with van der Waals surface area (Å²) in [7, 11) is 0. The van der Waals surface area contributed by atoms with Crippen LogP contribution in [0, 0.1) is 0 Å². The van der Waals surface area contributed by atoms with E-state index in [1.807, 2.05) is 6.07 Å². The molecule has 0 fully saturated rings. The highest BCUT2D eigenvalue weighted by atomic mass is 16.3. The van der Waals surface area contributed by atoms with Crippen LogP contribution in [0.25, 0.3) is 187 Å². The van der Waals surface area contributed by atoms with Crippen molar-refractivity contribution in [2.45, 2.75) is 0 Å². The summed E-state index contributed by atoms with van der Waals surface area (Å²) in [6, 6.07) is 127. The first kappa shape index (κ1) is 54.6. The fraction of sp³-hybridized carbons (Fsp3) is 0. The van der Waals surface area contributed by atoms with Gasteiger partial charge < -0.3 is 8.83 Å². The molecule has 2 aromatic heterocycles. The summed E-state index contributed by atoms with van der Waals surface area (Å²) in [6.45, 7) is 0. The molecule has 0 N–H and O–H groups in total. The summed E-state index contributed by atoms with van der Waals surface area (Å²) in [5.74, 6) is 0. The van der Waals surface area contributed by atoms with Crippen LogP contribution in [0.3, 0.4) is 0 Å². The van der Waals surface area contributed by atoms with E-state index >= 15 is 0 Å². The highest BCUT2D eigenvalue weighted by Gasteiger charge is 2.18. The Morgan fingerprint density at radius 1 is 0.128 bits per heavy atom. The maximum Gasteiger partial charge on any atom is 0.139 e. The molecule has 2 heterocycles. The lowest BCUT2D eigenvalue weighted by molar-refractivity contribution is 0.656. The van der Waals surface area contributed by atoms with Crippen LogP contribution in [0.2, 0.25) is 0 Å². The number of furan rings is 2. The topological polar surface area (TPSA) is 26.3 Å². The highest BCUT2D eigenvalue weighted by Crippen LogP contribution is 2.44. The van der Waals surface area contributed by atoms with E-state index in [4.69, 9.17) is 8.83 Å². The van der Waals surface area contributed by atoms with Gasteiger partial charge in [-0.05, 0) is 210 Å². The molecule has 0 spiro atoms. The van der Waals surface area contributed by atoms with E-state index in [0.717, 1.165) is 55.0 Å². The summed E-state index contributed by atoms with van der Waals surface area (Å²) in [6.07, 6.45) is 0. The summed E-state index contributed by atoms with van der Waals surface area (Å²) in [5, 5.41) is 17.1. The lowest BCUT2D eigenvalue weighted by atomic mass is 9.87. The minimum absolute atomic E-state index is 0.831. The van der Waals surface area contributed by atoms with Crippen LogP contribution in [0.4, 0.5) is 0 Å². The highest BCUT2D eigenvalue weighted by molar-refractivity contribution is 6.24. The number of benzene rings is 17. The summed E-state index contributed by atoms with van der Waals surface area (Å²) >= 11 is 0. The molecule has 0 aliphatic heterocycles. The van der Waals surface area contributed by atoms with Gasteiger partial charge in [-0.15, -0.1) is 0 Å². The SMILES string of the molecule is c1ccc(-c2cccc(-c3ccc4oc5cc6oc7ccc(-c8cccc(-c9ccccc9)c8)cc7c6cc5c4c3)c2)cc1.c1ccc2cc(-c3ccc(-c4cc5c6ccccc6c(-c6ccc(-c7ccc8ccccc8c7)cc6)cc5c5ccccc45)cc3)ccc2c1. The molecule has 19 rings (SSSR count). The predicted molar refractivity (Wildman–Crippen MR) is 398 cm³/mol. The Labute approximate surface area is 544 Å². The Bertz CT molecular complexity index is 5760. The Morgan fingerprint density at radius 2 is 0.426 bits per heavy atom. The molecule has 0 radical (unpaired) electrons. The maximum atomic E-state index is 6.33. The second-order valence-corrected chi connectivity index (χ2v) is 24.7. The van der Waals surface area contributed by atoms with E-state index in [-0.39, 0.29) is 0 Å². The van der Waals surface area contributed by atoms with Crippen molar-refractivity contribution in [1.29, 1.82) is 0 Å². The Balaban J connectivity index is 0.000000139. The van der Waals surface area contributed by atoms with Gasteiger partial charge in [-0.25, -0.2) is 0 Å². The van der Waals surface area contributed by atoms with Crippen molar-refractivity contribution in [1.82, 2.24) is 0 Å². The molecule has 94 heavy (non-hydrogen) atoms. The van der Waals surface area contributed by atoms with E-state index in [9.17, 15) is 0 Å². The van der Waals surface area contributed by atoms with Crippen molar-refractivity contribution in [3.8, 4) is 89.0 Å². The van der Waals surface area contributed by atoms with Crippen LogP contribution < -0.4 is 0 Å². The lowest BCUT2D eigenvalue weighted by Crippen LogP contribution is -1.89. The van der Waals surface area contributed by atoms with Crippen LogP contribution >= 0.6 is 0 Å². The molecule has 17 aromatic carbocycles. The molecule has 0 bridgehead atoms. The maximum absolute atomic E-state index is 6.33. The third-order valence-electron chi connectivity index (χ3n) is 19.1. The van der Waals surface area contributed by atoms with Crippen LogP contribution in [0.5, 0.6) is 0 Å². The monoisotopic (exact) mass is 1190 g/mol. The van der Waals surface area contributed by atoms with Gasteiger partial charge in [-0.2, -0.15) is 0 Å². The van der Waals surface area contributed by atoms with Gasteiger partial charge in [0.2, 0.25) is 0 Å². The van der Waals surface area contributed by atoms with E-state index in [0.29, 0.717) is 0 Å². The van der Waals surface area contributed by atoms with Gasteiger partial charge in [0.1, 0.15) is 22.3 Å². The van der Waals surface area contributed by atoms with E-state index in [2.05, 4.69) is 346 Å². The standard InChI is InChI=1S/C50H32.C42H26O2/c1-3-11-39-29-41(27-21-33(39)9-1)35-17-23-37(24-18-35)47-31-49-46-16-8-6-14-44(46)48(32-50(49)45-15-7-5-13-43(45)47)38-25-19-36(20-26-38)42-28-22-34-10-2-4-12-40(34)30-42;1-3-9-27(10-4-1)29-13-7-15-31(21-29)33-17-19-39-35(23-33)37-25-38-36-24-34(18-20-40(36)44-42(38)26-41(37)43-39)32-16-8-14-30(22-32)28-11-5-2-6-12-28/h1-32H;1-26H. The zero-order valence-corrected chi connectivity index (χ0v) is 51.3. The molecular formula is C92H58O2. The molecule has 0 saturated heterocycles. The molecule has 0 aliphatic carbocycles. The van der Waals surface area contributed by atoms with Gasteiger partial charge in [-0.3, -0.25) is 0 Å². The minimum atomic E-state index is 0.831. The van der Waals surface area contributed by atoms with Gasteiger partial charge in [0.15, 0.2) is 0 Å². The molecule has 0 atom stereocenters. The second-order valence-electron chi connectivity index (χ2n) is 24.7. The smallest absolute Gasteiger partial charge is 0.139 e. The minimum Gasteiger partial charge on any atom is -0.456 e. The lowest BCUT2D eigenvalue weighted by Gasteiger charge is -2.16. The van der Waals surface area contributed by atoms with Gasteiger partial charge >= 0.3 is 0 Å². The van der Waals surface area contributed by atoms with Crippen molar-refractivity contribution in [2.75, 3.05) is 0 Å². The van der Waals surface area contributed by atoms with Crippen molar-refractivity contribution in [3.05, 3.63) is 352 Å². The number of hydrogen-bond donors (Lipinski definition) is 0. The average Bonchev–Trinajstić information content (AvgIpc) is 0.976. The van der Waals surface area contributed by atoms with E-state index in [1.54, 1.807) is 0 Å². The van der Waals surface area contributed by atoms with E-state index < -0.39 is 0 Å². The zero-order valence-electron chi connectivity index (χ0n) is 51.3. The summed E-state index contributed by atoms with van der Waals surface area (Å²) in [4.78, 5) is 0. The molecule has 438 valence electrons. The Kier molecular flexibility index (Phi) is 13.3. The van der Waals surface area contributed by atoms with Crippen LogP contribution in [0.15, 0.2) is 361 Å². The fourth-order valence-corrected chi connectivity index (χ4v) is 14.3. The van der Waals surface area contributed by atoms with E-state index in [1.165, 1.54) is 132 Å². The van der Waals surface area contributed by atoms with Crippen molar-refractivity contribution >= 4 is 97.7 Å². The summed E-state index contributed by atoms with van der Waals surface area (Å²) in [5.41, 5.74) is 22.8. The Morgan fingerprint density at radius 3 is 0.862 bits per heavy atom. The number of hydrogen-bond acceptors (Lipinski definition) is 2. The van der Waals surface area contributed by atoms with Crippen molar-refractivity contribution in [2.24, 2.45) is 0 Å². The average molecular weight is 1200 g/mol. The molecule has 0 saturated carbocycles. The molecule has 2 heteroatoms. The second kappa shape index (κ2) is 22.8. The number of fused-ring (bicyclic) bond motifs is 13. The molecule has 0 unspecified atom stereocenters. The largest absolute Gasteiger partial charge is 0.456 e. The third-order valence-corrected chi connectivity index (χ3v) is 19.1. The Hall–Kier alpha value is -12.4. The molecule has 2 nitrogen and oxygen atoms in total. The van der Waals surface area contributed by atoms with Gasteiger partial charge in [0, 0.05) is 27.6 Å². The normalized spacial score (nSPS) is 11.6. The molecule has 0 aliphatic rings.